The fraction of sp³-hybridized carbons (Fsp3) is 0.0625. The molecule has 0 aliphatic carbocycles. The van der Waals surface area contributed by atoms with Crippen molar-refractivity contribution in [2.75, 3.05) is 6.61 Å². The lowest BCUT2D eigenvalue weighted by Gasteiger charge is -2.04. The van der Waals surface area contributed by atoms with Gasteiger partial charge in [0.05, 0.1) is 6.26 Å². The van der Waals surface area contributed by atoms with Gasteiger partial charge < -0.3 is 14.3 Å². The van der Waals surface area contributed by atoms with E-state index in [-0.39, 0.29) is 6.61 Å². The Labute approximate surface area is 115 Å². The first kappa shape index (κ1) is 12.3. The van der Waals surface area contributed by atoms with Crippen LogP contribution in [0.4, 0.5) is 0 Å². The van der Waals surface area contributed by atoms with Crippen molar-refractivity contribution in [1.82, 2.24) is 0 Å². The van der Waals surface area contributed by atoms with Crippen LogP contribution < -0.4 is 4.74 Å². The van der Waals surface area contributed by atoms with E-state index in [1.54, 1.807) is 18.4 Å². The highest BCUT2D eigenvalue weighted by molar-refractivity contribution is 5.94. The molecular weight excluding hydrogens is 256 g/mol. The van der Waals surface area contributed by atoms with Crippen LogP contribution in [0.1, 0.15) is 0 Å². The summed E-state index contributed by atoms with van der Waals surface area (Å²) in [5.41, 5.74) is 0.925. The van der Waals surface area contributed by atoms with Crippen molar-refractivity contribution in [3.63, 3.8) is 0 Å². The molecule has 20 heavy (non-hydrogen) atoms. The molecule has 0 spiro atoms. The molecule has 0 aliphatic rings. The third kappa shape index (κ3) is 2.36. The summed E-state index contributed by atoms with van der Waals surface area (Å²) >= 11 is 0. The molecule has 1 heterocycles. The highest BCUT2D eigenvalue weighted by Gasteiger charge is 2.08. The Morgan fingerprint density at radius 3 is 2.60 bits per heavy atom. The maximum absolute atomic E-state index is 10.4. The zero-order valence-electron chi connectivity index (χ0n) is 10.6. The van der Waals surface area contributed by atoms with Crippen LogP contribution in [0.3, 0.4) is 0 Å². The van der Waals surface area contributed by atoms with Crippen LogP contribution in [0, 0.1) is 0 Å². The standard InChI is InChI=1S/C16H12O4/c17-15(18)10-19-13-7-5-11(6-8-13)16-14-4-2-1-3-12(14)9-20-16/h1-9H,10H2,(H,17,18). The second-order valence-corrected chi connectivity index (χ2v) is 4.36. The van der Waals surface area contributed by atoms with Crippen molar-refractivity contribution < 1.29 is 19.1 Å². The van der Waals surface area contributed by atoms with Crippen LogP contribution in [-0.4, -0.2) is 17.7 Å². The van der Waals surface area contributed by atoms with Gasteiger partial charge in [-0.3, -0.25) is 0 Å². The number of fused-ring (bicyclic) bond motifs is 1. The zero-order valence-corrected chi connectivity index (χ0v) is 10.6. The minimum atomic E-state index is -0.994. The van der Waals surface area contributed by atoms with Crippen LogP contribution in [0.25, 0.3) is 22.1 Å². The average molecular weight is 268 g/mol. The van der Waals surface area contributed by atoms with Gasteiger partial charge in [0.25, 0.3) is 0 Å². The number of hydrogen-bond donors (Lipinski definition) is 1. The summed E-state index contributed by atoms with van der Waals surface area (Å²) in [6.07, 6.45) is 1.72. The van der Waals surface area contributed by atoms with Crippen LogP contribution in [-0.2, 0) is 4.79 Å². The second kappa shape index (κ2) is 5.09. The summed E-state index contributed by atoms with van der Waals surface area (Å²) in [7, 11) is 0. The maximum atomic E-state index is 10.4. The van der Waals surface area contributed by atoms with Crippen molar-refractivity contribution in [2.45, 2.75) is 0 Å². The molecule has 3 aromatic rings. The second-order valence-electron chi connectivity index (χ2n) is 4.36. The van der Waals surface area contributed by atoms with Gasteiger partial charge in [-0.2, -0.15) is 0 Å². The normalized spacial score (nSPS) is 10.6. The minimum absolute atomic E-state index is 0.344. The van der Waals surface area contributed by atoms with E-state index in [2.05, 4.69) is 0 Å². The summed E-state index contributed by atoms with van der Waals surface area (Å²) < 4.78 is 10.7. The molecule has 0 amide bonds. The number of benzene rings is 2. The molecule has 2 aromatic carbocycles. The average Bonchev–Trinajstić information content (AvgIpc) is 2.89. The molecule has 0 bridgehead atoms. The van der Waals surface area contributed by atoms with Gasteiger partial charge in [0, 0.05) is 16.3 Å². The van der Waals surface area contributed by atoms with Crippen LogP contribution >= 0.6 is 0 Å². The van der Waals surface area contributed by atoms with E-state index >= 15 is 0 Å². The Morgan fingerprint density at radius 1 is 1.10 bits per heavy atom. The van der Waals surface area contributed by atoms with E-state index in [9.17, 15) is 4.79 Å². The molecule has 0 atom stereocenters. The van der Waals surface area contributed by atoms with Crippen LogP contribution in [0.5, 0.6) is 5.75 Å². The summed E-state index contributed by atoms with van der Waals surface area (Å²) in [5.74, 6) is 0.323. The SMILES string of the molecule is O=C(O)COc1ccc(-c2occ3ccccc23)cc1. The van der Waals surface area contributed by atoms with Crippen LogP contribution in [0.15, 0.2) is 59.2 Å². The topological polar surface area (TPSA) is 59.7 Å². The summed E-state index contributed by atoms with van der Waals surface area (Å²) in [4.78, 5) is 10.4. The molecule has 1 N–H and O–H groups in total. The van der Waals surface area contributed by atoms with Gasteiger partial charge in [0.15, 0.2) is 6.61 Å². The van der Waals surface area contributed by atoms with Gasteiger partial charge in [0.1, 0.15) is 11.5 Å². The lowest BCUT2D eigenvalue weighted by Crippen LogP contribution is -2.09. The predicted molar refractivity (Wildman–Crippen MR) is 74.8 cm³/mol. The highest BCUT2D eigenvalue weighted by Crippen LogP contribution is 2.31. The van der Waals surface area contributed by atoms with Crippen molar-refractivity contribution in [2.24, 2.45) is 0 Å². The first-order valence-electron chi connectivity index (χ1n) is 6.15. The van der Waals surface area contributed by atoms with E-state index in [4.69, 9.17) is 14.3 Å². The minimum Gasteiger partial charge on any atom is -0.482 e. The first-order valence-corrected chi connectivity index (χ1v) is 6.15. The molecule has 3 rings (SSSR count). The molecule has 0 radical (unpaired) electrons. The van der Waals surface area contributed by atoms with Gasteiger partial charge in [-0.15, -0.1) is 0 Å². The van der Waals surface area contributed by atoms with Gasteiger partial charge in [0.2, 0.25) is 0 Å². The summed E-state index contributed by atoms with van der Waals surface area (Å²) in [6.45, 7) is -0.344. The number of aliphatic carboxylic acids is 1. The Hall–Kier alpha value is -2.75. The fourth-order valence-electron chi connectivity index (χ4n) is 2.06. The number of ether oxygens (including phenoxy) is 1. The summed E-state index contributed by atoms with van der Waals surface area (Å²) in [6, 6.07) is 15.1. The van der Waals surface area contributed by atoms with Gasteiger partial charge in [-0.05, 0) is 24.3 Å². The fourth-order valence-corrected chi connectivity index (χ4v) is 2.06. The van der Waals surface area contributed by atoms with Gasteiger partial charge >= 0.3 is 5.97 Å². The Morgan fingerprint density at radius 2 is 1.85 bits per heavy atom. The number of rotatable bonds is 4. The Kier molecular flexibility index (Phi) is 3.13. The van der Waals surface area contributed by atoms with Crippen molar-refractivity contribution >= 4 is 16.7 Å². The molecule has 100 valence electrons. The predicted octanol–water partition coefficient (Wildman–Crippen LogP) is 3.56. The number of carbonyl (C=O) groups is 1. The Bertz CT molecular complexity index is 741. The number of hydrogen-bond acceptors (Lipinski definition) is 3. The van der Waals surface area contributed by atoms with Gasteiger partial charge in [-0.1, -0.05) is 24.3 Å². The van der Waals surface area contributed by atoms with Crippen molar-refractivity contribution in [3.8, 4) is 17.1 Å². The monoisotopic (exact) mass is 268 g/mol. The number of furan rings is 1. The van der Waals surface area contributed by atoms with Crippen molar-refractivity contribution in [3.05, 3.63) is 54.8 Å². The molecule has 0 saturated heterocycles. The van der Waals surface area contributed by atoms with Gasteiger partial charge in [-0.25, -0.2) is 4.79 Å². The maximum Gasteiger partial charge on any atom is 0.341 e. The lowest BCUT2D eigenvalue weighted by molar-refractivity contribution is -0.139. The smallest absolute Gasteiger partial charge is 0.341 e. The largest absolute Gasteiger partial charge is 0.482 e. The van der Waals surface area contributed by atoms with E-state index in [0.29, 0.717) is 5.75 Å². The molecule has 0 aliphatic heterocycles. The quantitative estimate of drug-likeness (QED) is 0.785. The zero-order chi connectivity index (χ0) is 13.9. The molecule has 1 aromatic heterocycles. The molecule has 0 unspecified atom stereocenters. The molecule has 4 nitrogen and oxygen atoms in total. The molecule has 0 fully saturated rings. The lowest BCUT2D eigenvalue weighted by atomic mass is 10.1. The van der Waals surface area contributed by atoms with E-state index in [1.807, 2.05) is 36.4 Å². The van der Waals surface area contributed by atoms with E-state index in [1.165, 1.54) is 0 Å². The first-order chi connectivity index (χ1) is 9.74. The Balaban J connectivity index is 1.89. The molecule has 4 heteroatoms. The van der Waals surface area contributed by atoms with E-state index < -0.39 is 5.97 Å². The number of carboxylic acids is 1. The highest BCUT2D eigenvalue weighted by atomic mass is 16.5. The number of carboxylic acid groups (broad SMARTS) is 1. The summed E-state index contributed by atoms with van der Waals surface area (Å²) in [5, 5.41) is 10.7. The molecular formula is C16H12O4. The van der Waals surface area contributed by atoms with E-state index in [0.717, 1.165) is 22.1 Å². The third-order valence-electron chi connectivity index (χ3n) is 2.99. The third-order valence-corrected chi connectivity index (χ3v) is 2.99. The van der Waals surface area contributed by atoms with Crippen LogP contribution in [0.2, 0.25) is 0 Å². The van der Waals surface area contributed by atoms with Crippen molar-refractivity contribution in [1.29, 1.82) is 0 Å². The molecule has 0 saturated carbocycles.